The number of hydrogen-bond donors (Lipinski definition) is 2. The van der Waals surface area contributed by atoms with E-state index in [1.165, 1.54) is 6.08 Å². The van der Waals surface area contributed by atoms with Gasteiger partial charge in [0, 0.05) is 13.0 Å². The largest absolute Gasteiger partial charge is 0.481 e. The van der Waals surface area contributed by atoms with Crippen molar-refractivity contribution < 1.29 is 18.3 Å². The van der Waals surface area contributed by atoms with Crippen LogP contribution < -0.4 is 4.72 Å². The minimum Gasteiger partial charge on any atom is -0.481 e. The Labute approximate surface area is 109 Å². The highest BCUT2D eigenvalue weighted by Gasteiger charge is 2.12. The van der Waals surface area contributed by atoms with Crippen LogP contribution in [0.25, 0.3) is 0 Å². The number of sulfonamides is 1. The van der Waals surface area contributed by atoms with Gasteiger partial charge in [-0.15, -0.1) is 6.58 Å². The molecule has 6 heteroatoms. The van der Waals surface area contributed by atoms with Crippen LogP contribution in [0, 0.1) is 5.92 Å². The van der Waals surface area contributed by atoms with Crippen LogP contribution in [0.3, 0.4) is 0 Å². The Morgan fingerprint density at radius 2 is 2.06 bits per heavy atom. The Morgan fingerprint density at radius 3 is 2.56 bits per heavy atom. The van der Waals surface area contributed by atoms with Crippen LogP contribution >= 0.6 is 0 Å². The van der Waals surface area contributed by atoms with Crippen LogP contribution in [-0.4, -0.2) is 31.8 Å². The monoisotopic (exact) mass is 277 g/mol. The van der Waals surface area contributed by atoms with Crippen molar-refractivity contribution in [1.82, 2.24) is 4.72 Å². The lowest BCUT2D eigenvalue weighted by atomic mass is 9.95. The van der Waals surface area contributed by atoms with E-state index in [4.69, 9.17) is 5.11 Å². The molecule has 0 aromatic heterocycles. The van der Waals surface area contributed by atoms with Crippen LogP contribution in [0.1, 0.15) is 39.0 Å². The van der Waals surface area contributed by atoms with Gasteiger partial charge >= 0.3 is 5.97 Å². The molecule has 1 unspecified atom stereocenters. The molecule has 0 amide bonds. The maximum atomic E-state index is 11.4. The van der Waals surface area contributed by atoms with Gasteiger partial charge in [-0.1, -0.05) is 25.8 Å². The molecule has 5 nitrogen and oxygen atoms in total. The summed E-state index contributed by atoms with van der Waals surface area (Å²) in [5, 5.41) is 8.63. The summed E-state index contributed by atoms with van der Waals surface area (Å²) in [6, 6.07) is 0. The zero-order chi connectivity index (χ0) is 14.0. The highest BCUT2D eigenvalue weighted by molar-refractivity contribution is 7.89. The Balaban J connectivity index is 4.03. The summed E-state index contributed by atoms with van der Waals surface area (Å²) in [5.41, 5.74) is 0. The number of rotatable bonds is 11. The molecule has 0 spiro atoms. The molecule has 0 aliphatic rings. The number of carbonyl (C=O) groups is 1. The van der Waals surface area contributed by atoms with E-state index in [0.29, 0.717) is 19.4 Å². The zero-order valence-corrected chi connectivity index (χ0v) is 11.7. The lowest BCUT2D eigenvalue weighted by Gasteiger charge is -2.15. The van der Waals surface area contributed by atoms with Gasteiger partial charge in [-0.05, 0) is 18.8 Å². The molecule has 18 heavy (non-hydrogen) atoms. The molecule has 0 aromatic carbocycles. The number of aliphatic carboxylic acids is 1. The second kappa shape index (κ2) is 9.10. The molecule has 0 saturated carbocycles. The van der Waals surface area contributed by atoms with E-state index in [9.17, 15) is 13.2 Å². The van der Waals surface area contributed by atoms with E-state index < -0.39 is 16.0 Å². The van der Waals surface area contributed by atoms with Crippen molar-refractivity contribution in [3.63, 3.8) is 0 Å². The molecule has 1 atom stereocenters. The fourth-order valence-electron chi connectivity index (χ4n) is 1.80. The molecule has 0 radical (unpaired) electrons. The van der Waals surface area contributed by atoms with Crippen molar-refractivity contribution in [2.75, 3.05) is 12.3 Å². The van der Waals surface area contributed by atoms with Gasteiger partial charge in [-0.2, -0.15) is 0 Å². The quantitative estimate of drug-likeness (QED) is 0.564. The number of carboxylic acid groups (broad SMARTS) is 1. The first-order chi connectivity index (χ1) is 8.41. The average molecular weight is 277 g/mol. The molecule has 106 valence electrons. The molecule has 0 aliphatic heterocycles. The van der Waals surface area contributed by atoms with Gasteiger partial charge in [0.25, 0.3) is 0 Å². The molecule has 0 fully saturated rings. The lowest BCUT2D eigenvalue weighted by Crippen LogP contribution is -2.28. The maximum absolute atomic E-state index is 11.4. The Kier molecular flexibility index (Phi) is 8.66. The van der Waals surface area contributed by atoms with Crippen molar-refractivity contribution in [2.45, 2.75) is 39.0 Å². The first-order valence-electron chi connectivity index (χ1n) is 6.21. The van der Waals surface area contributed by atoms with E-state index in [2.05, 4.69) is 11.3 Å². The molecule has 0 saturated heterocycles. The minimum absolute atomic E-state index is 0.0828. The van der Waals surface area contributed by atoms with Crippen molar-refractivity contribution >= 4 is 16.0 Å². The molecule has 0 aliphatic carbocycles. The molecular weight excluding hydrogens is 254 g/mol. The van der Waals surface area contributed by atoms with Crippen molar-refractivity contribution in [2.24, 2.45) is 5.92 Å². The summed E-state index contributed by atoms with van der Waals surface area (Å²) in [5.74, 6) is -0.624. The Hall–Kier alpha value is -0.880. The first kappa shape index (κ1) is 17.1. The van der Waals surface area contributed by atoms with Gasteiger partial charge in [-0.25, -0.2) is 13.1 Å². The summed E-state index contributed by atoms with van der Waals surface area (Å²) in [4.78, 5) is 10.5. The SMILES string of the molecule is C=CCS(=O)(=O)NCCC(CCC)CCC(=O)O. The summed E-state index contributed by atoms with van der Waals surface area (Å²) in [6.45, 7) is 5.78. The Morgan fingerprint density at radius 1 is 1.39 bits per heavy atom. The van der Waals surface area contributed by atoms with Gasteiger partial charge < -0.3 is 5.11 Å². The van der Waals surface area contributed by atoms with E-state index in [0.717, 1.165) is 12.8 Å². The summed E-state index contributed by atoms with van der Waals surface area (Å²) in [7, 11) is -3.26. The van der Waals surface area contributed by atoms with Gasteiger partial charge in [0.05, 0.1) is 5.75 Å². The highest BCUT2D eigenvalue weighted by Crippen LogP contribution is 2.17. The number of nitrogens with one attached hydrogen (secondary N) is 1. The van der Waals surface area contributed by atoms with E-state index in [1.807, 2.05) is 6.92 Å². The van der Waals surface area contributed by atoms with Gasteiger partial charge in [0.2, 0.25) is 10.0 Å². The van der Waals surface area contributed by atoms with E-state index in [1.54, 1.807) is 0 Å². The van der Waals surface area contributed by atoms with Crippen LogP contribution in [0.2, 0.25) is 0 Å². The molecule has 2 N–H and O–H groups in total. The minimum atomic E-state index is -3.26. The normalized spacial score (nSPS) is 13.2. The van der Waals surface area contributed by atoms with E-state index >= 15 is 0 Å². The first-order valence-corrected chi connectivity index (χ1v) is 7.86. The third-order valence-corrected chi connectivity index (χ3v) is 3.99. The molecular formula is C12H23NO4S. The van der Waals surface area contributed by atoms with Gasteiger partial charge in [0.1, 0.15) is 0 Å². The van der Waals surface area contributed by atoms with Crippen molar-refractivity contribution in [3.05, 3.63) is 12.7 Å². The van der Waals surface area contributed by atoms with Crippen molar-refractivity contribution in [1.29, 1.82) is 0 Å². The van der Waals surface area contributed by atoms with Crippen molar-refractivity contribution in [3.8, 4) is 0 Å². The smallest absolute Gasteiger partial charge is 0.303 e. The molecule has 0 bridgehead atoms. The summed E-state index contributed by atoms with van der Waals surface area (Å²) >= 11 is 0. The summed E-state index contributed by atoms with van der Waals surface area (Å²) in [6.07, 6.45) is 4.67. The lowest BCUT2D eigenvalue weighted by molar-refractivity contribution is -0.137. The average Bonchev–Trinajstić information content (AvgIpc) is 2.25. The predicted octanol–water partition coefficient (Wildman–Crippen LogP) is 1.76. The third-order valence-electron chi connectivity index (χ3n) is 2.68. The Bertz CT molecular complexity index is 351. The molecule has 0 aromatic rings. The van der Waals surface area contributed by atoms with Crippen LogP contribution in [0.4, 0.5) is 0 Å². The second-order valence-electron chi connectivity index (χ2n) is 4.34. The summed E-state index contributed by atoms with van der Waals surface area (Å²) < 4.78 is 25.2. The van der Waals surface area contributed by atoms with Gasteiger partial charge in [0.15, 0.2) is 0 Å². The zero-order valence-electron chi connectivity index (χ0n) is 10.9. The van der Waals surface area contributed by atoms with E-state index in [-0.39, 0.29) is 18.1 Å². The van der Waals surface area contributed by atoms with Crippen LogP contribution in [0.15, 0.2) is 12.7 Å². The molecule has 0 rings (SSSR count). The highest BCUT2D eigenvalue weighted by atomic mass is 32.2. The topological polar surface area (TPSA) is 83.5 Å². The fraction of sp³-hybridized carbons (Fsp3) is 0.750. The van der Waals surface area contributed by atoms with Crippen LogP contribution in [-0.2, 0) is 14.8 Å². The maximum Gasteiger partial charge on any atom is 0.303 e. The van der Waals surface area contributed by atoms with Crippen LogP contribution in [0.5, 0.6) is 0 Å². The predicted molar refractivity (Wildman–Crippen MR) is 71.9 cm³/mol. The second-order valence-corrected chi connectivity index (χ2v) is 6.19. The van der Waals surface area contributed by atoms with Gasteiger partial charge in [-0.3, -0.25) is 4.79 Å². The number of hydrogen-bond acceptors (Lipinski definition) is 3. The number of carboxylic acids is 1. The molecule has 0 heterocycles. The third kappa shape index (κ3) is 9.18. The fourth-order valence-corrected chi connectivity index (χ4v) is 2.66. The standard InChI is InChI=1S/C12H23NO4S/c1-3-5-11(6-7-12(14)15)8-9-13-18(16,17)10-4-2/h4,11,13H,2-3,5-10H2,1H3,(H,14,15).